The normalized spacial score (nSPS) is 12.2. The highest BCUT2D eigenvalue weighted by Crippen LogP contribution is 2.28. The summed E-state index contributed by atoms with van der Waals surface area (Å²) in [5.74, 6) is -0.512. The molecule has 1 aromatic carbocycles. The summed E-state index contributed by atoms with van der Waals surface area (Å²) < 4.78 is 30.9. The molecule has 0 bridgehead atoms. The Morgan fingerprint density at radius 2 is 1.92 bits per heavy atom. The van der Waals surface area contributed by atoms with E-state index < -0.39 is 10.0 Å². The van der Waals surface area contributed by atoms with Crippen molar-refractivity contribution in [3.63, 3.8) is 0 Å². The number of sulfonamides is 1. The van der Waals surface area contributed by atoms with Crippen LogP contribution in [0.1, 0.15) is 27.2 Å². The fraction of sp³-hybridized carbons (Fsp3) is 0.500. The molecule has 0 aromatic heterocycles. The van der Waals surface area contributed by atoms with Crippen LogP contribution in [0.2, 0.25) is 0 Å². The zero-order valence-corrected chi connectivity index (χ0v) is 15.7. The van der Waals surface area contributed by atoms with Gasteiger partial charge >= 0.3 is 0 Å². The van der Waals surface area contributed by atoms with Crippen LogP contribution in [-0.4, -0.2) is 39.6 Å². The minimum atomic E-state index is -3.43. The number of carbonyl (C=O) groups excluding carboxylic acids is 2. The monoisotopic (exact) mass is 371 g/mol. The Morgan fingerprint density at radius 1 is 1.24 bits per heavy atom. The van der Waals surface area contributed by atoms with E-state index in [4.69, 9.17) is 4.74 Å². The Kier molecular flexibility index (Phi) is 7.69. The molecule has 1 atom stereocenters. The third-order valence-electron chi connectivity index (χ3n) is 3.61. The van der Waals surface area contributed by atoms with Gasteiger partial charge in [0.05, 0.1) is 25.1 Å². The predicted octanol–water partition coefficient (Wildman–Crippen LogP) is 1.56. The summed E-state index contributed by atoms with van der Waals surface area (Å²) in [5.41, 5.74) is 0.714. The second kappa shape index (κ2) is 9.26. The number of rotatable bonds is 9. The van der Waals surface area contributed by atoms with Crippen LogP contribution in [0.4, 0.5) is 11.4 Å². The van der Waals surface area contributed by atoms with Crippen molar-refractivity contribution in [1.29, 1.82) is 0 Å². The van der Waals surface area contributed by atoms with Gasteiger partial charge in [-0.3, -0.25) is 14.3 Å². The lowest BCUT2D eigenvalue weighted by atomic mass is 10.1. The number of hydrogen-bond acceptors (Lipinski definition) is 5. The van der Waals surface area contributed by atoms with Crippen LogP contribution in [-0.2, 0) is 19.6 Å². The predicted molar refractivity (Wildman–Crippen MR) is 97.2 cm³/mol. The van der Waals surface area contributed by atoms with E-state index in [1.165, 1.54) is 26.2 Å². The van der Waals surface area contributed by atoms with Crippen LogP contribution in [0.25, 0.3) is 0 Å². The van der Waals surface area contributed by atoms with Crippen LogP contribution in [0.5, 0.6) is 5.75 Å². The molecule has 1 rings (SSSR count). The number of anilines is 2. The van der Waals surface area contributed by atoms with Crippen molar-refractivity contribution in [3.8, 4) is 5.75 Å². The van der Waals surface area contributed by atoms with Gasteiger partial charge in [0.1, 0.15) is 5.75 Å². The van der Waals surface area contributed by atoms with Crippen molar-refractivity contribution in [1.82, 2.24) is 5.32 Å². The average Bonchev–Trinajstić information content (AvgIpc) is 2.59. The Labute approximate surface area is 148 Å². The summed E-state index contributed by atoms with van der Waals surface area (Å²) in [6, 6.07) is 4.55. The Balaban J connectivity index is 2.74. The van der Waals surface area contributed by atoms with Crippen molar-refractivity contribution in [2.24, 2.45) is 5.92 Å². The highest BCUT2D eigenvalue weighted by atomic mass is 32.2. The van der Waals surface area contributed by atoms with Crippen LogP contribution < -0.4 is 20.1 Å². The Bertz CT molecular complexity index is 718. The lowest BCUT2D eigenvalue weighted by Crippen LogP contribution is -2.35. The first-order chi connectivity index (χ1) is 11.7. The first-order valence-electron chi connectivity index (χ1n) is 7.98. The summed E-state index contributed by atoms with van der Waals surface area (Å²) in [6.07, 6.45) is 0.694. The van der Waals surface area contributed by atoms with E-state index in [0.29, 0.717) is 12.1 Å². The van der Waals surface area contributed by atoms with E-state index in [-0.39, 0.29) is 41.5 Å². The topological polar surface area (TPSA) is 114 Å². The zero-order valence-electron chi connectivity index (χ0n) is 14.9. The summed E-state index contributed by atoms with van der Waals surface area (Å²) >= 11 is 0. The zero-order chi connectivity index (χ0) is 19.0. The maximum absolute atomic E-state index is 11.9. The average molecular weight is 371 g/mol. The molecule has 0 saturated heterocycles. The van der Waals surface area contributed by atoms with Crippen molar-refractivity contribution >= 4 is 33.2 Å². The smallest absolute Gasteiger partial charge is 0.243 e. The molecule has 3 N–H and O–H groups in total. The Hall–Kier alpha value is -2.29. The van der Waals surface area contributed by atoms with Crippen LogP contribution in [0, 0.1) is 5.92 Å². The second-order valence-corrected chi connectivity index (χ2v) is 7.51. The molecular formula is C16H25N3O5S. The SMILES string of the molecule is CCC(C)C(=O)NCC(=O)Nc1ccc(NS(=O)(=O)CC)c(OC)c1. The minimum absolute atomic E-state index is 0.0650. The van der Waals surface area contributed by atoms with Gasteiger partial charge in [-0.1, -0.05) is 13.8 Å². The molecule has 0 radical (unpaired) electrons. The highest BCUT2D eigenvalue weighted by Gasteiger charge is 2.14. The maximum atomic E-state index is 11.9. The third kappa shape index (κ3) is 6.61. The van der Waals surface area contributed by atoms with Gasteiger partial charge in [-0.05, 0) is 25.5 Å². The molecule has 1 aromatic rings. The summed E-state index contributed by atoms with van der Waals surface area (Å²) in [5, 5.41) is 5.18. The van der Waals surface area contributed by atoms with E-state index in [1.807, 2.05) is 6.92 Å². The minimum Gasteiger partial charge on any atom is -0.494 e. The quantitative estimate of drug-likeness (QED) is 0.609. The van der Waals surface area contributed by atoms with Gasteiger partial charge in [0, 0.05) is 17.7 Å². The maximum Gasteiger partial charge on any atom is 0.243 e. The van der Waals surface area contributed by atoms with Crippen LogP contribution >= 0.6 is 0 Å². The lowest BCUT2D eigenvalue weighted by molar-refractivity contribution is -0.126. The molecule has 9 heteroatoms. The van der Waals surface area contributed by atoms with Gasteiger partial charge < -0.3 is 15.4 Å². The molecule has 25 heavy (non-hydrogen) atoms. The molecule has 0 spiro atoms. The standard InChI is InChI=1S/C16H25N3O5S/c1-5-11(3)16(21)17-10-15(20)18-12-7-8-13(14(9-12)24-4)19-25(22,23)6-2/h7-9,11,19H,5-6,10H2,1-4H3,(H,17,21)(H,18,20). The summed E-state index contributed by atoms with van der Waals surface area (Å²) in [7, 11) is -2.03. The number of methoxy groups -OCH3 is 1. The van der Waals surface area contributed by atoms with Crippen molar-refractivity contribution < 1.29 is 22.7 Å². The van der Waals surface area contributed by atoms with Crippen LogP contribution in [0.15, 0.2) is 18.2 Å². The molecule has 0 fully saturated rings. The van der Waals surface area contributed by atoms with E-state index in [1.54, 1.807) is 13.0 Å². The second-order valence-electron chi connectivity index (χ2n) is 5.50. The van der Waals surface area contributed by atoms with Gasteiger partial charge in [0.2, 0.25) is 21.8 Å². The number of nitrogens with one attached hydrogen (secondary N) is 3. The van der Waals surface area contributed by atoms with Gasteiger partial charge in [-0.15, -0.1) is 0 Å². The first kappa shape index (κ1) is 20.8. The van der Waals surface area contributed by atoms with Crippen molar-refractivity contribution in [2.75, 3.05) is 29.4 Å². The first-order valence-corrected chi connectivity index (χ1v) is 9.63. The molecule has 0 heterocycles. The molecular weight excluding hydrogens is 346 g/mol. The van der Waals surface area contributed by atoms with Crippen molar-refractivity contribution in [3.05, 3.63) is 18.2 Å². The fourth-order valence-corrected chi connectivity index (χ4v) is 2.47. The van der Waals surface area contributed by atoms with Gasteiger partial charge in [0.25, 0.3) is 0 Å². The van der Waals surface area contributed by atoms with E-state index in [2.05, 4.69) is 15.4 Å². The number of benzene rings is 1. The largest absolute Gasteiger partial charge is 0.494 e. The summed E-state index contributed by atoms with van der Waals surface area (Å²) in [6.45, 7) is 5.06. The number of amides is 2. The Morgan fingerprint density at radius 3 is 2.48 bits per heavy atom. The van der Waals surface area contributed by atoms with E-state index in [0.717, 1.165) is 0 Å². The van der Waals surface area contributed by atoms with Gasteiger partial charge in [-0.2, -0.15) is 0 Å². The number of hydrogen-bond donors (Lipinski definition) is 3. The molecule has 0 saturated carbocycles. The third-order valence-corrected chi connectivity index (χ3v) is 4.90. The lowest BCUT2D eigenvalue weighted by Gasteiger charge is -2.14. The molecule has 0 aliphatic carbocycles. The molecule has 0 aliphatic rings. The molecule has 1 unspecified atom stereocenters. The van der Waals surface area contributed by atoms with E-state index in [9.17, 15) is 18.0 Å². The van der Waals surface area contributed by atoms with Crippen molar-refractivity contribution in [2.45, 2.75) is 27.2 Å². The molecule has 140 valence electrons. The summed E-state index contributed by atoms with van der Waals surface area (Å²) in [4.78, 5) is 23.6. The van der Waals surface area contributed by atoms with E-state index >= 15 is 0 Å². The number of carbonyl (C=O) groups is 2. The number of ether oxygens (including phenoxy) is 1. The van der Waals surface area contributed by atoms with Gasteiger partial charge in [-0.25, -0.2) is 8.42 Å². The molecule has 8 nitrogen and oxygen atoms in total. The fourth-order valence-electron chi connectivity index (χ4n) is 1.83. The van der Waals surface area contributed by atoms with Crippen LogP contribution in [0.3, 0.4) is 0 Å². The molecule has 2 amide bonds. The molecule has 0 aliphatic heterocycles. The highest BCUT2D eigenvalue weighted by molar-refractivity contribution is 7.92. The van der Waals surface area contributed by atoms with Gasteiger partial charge in [0.15, 0.2) is 0 Å².